The predicted octanol–water partition coefficient (Wildman–Crippen LogP) is 3.31. The molecule has 25 heavy (non-hydrogen) atoms. The van der Waals surface area contributed by atoms with E-state index in [1.165, 1.54) is 37.3 Å². The SMILES string of the molecule is Cc1ccc(NS(=O)(=O)c2ccc3c(c2)CC(=O)N3)cc1C(F)(F)F. The van der Waals surface area contributed by atoms with Crippen LogP contribution in [0.15, 0.2) is 41.3 Å². The highest BCUT2D eigenvalue weighted by molar-refractivity contribution is 7.92. The van der Waals surface area contributed by atoms with Crippen molar-refractivity contribution in [2.75, 3.05) is 10.0 Å². The van der Waals surface area contributed by atoms with Crippen molar-refractivity contribution in [2.24, 2.45) is 0 Å². The van der Waals surface area contributed by atoms with Gasteiger partial charge in [0.1, 0.15) is 0 Å². The van der Waals surface area contributed by atoms with Crippen LogP contribution in [0.5, 0.6) is 0 Å². The summed E-state index contributed by atoms with van der Waals surface area (Å²) in [5, 5.41) is 2.58. The lowest BCUT2D eigenvalue weighted by atomic mass is 10.1. The molecular weight excluding hydrogens is 357 g/mol. The quantitative estimate of drug-likeness (QED) is 0.870. The van der Waals surface area contributed by atoms with Crippen LogP contribution in [0.3, 0.4) is 0 Å². The van der Waals surface area contributed by atoms with E-state index in [2.05, 4.69) is 10.0 Å². The molecule has 3 rings (SSSR count). The molecule has 1 amide bonds. The maximum atomic E-state index is 13.0. The molecule has 0 aliphatic carbocycles. The minimum absolute atomic E-state index is 0.00225. The van der Waals surface area contributed by atoms with Gasteiger partial charge >= 0.3 is 6.18 Å². The molecule has 132 valence electrons. The maximum Gasteiger partial charge on any atom is 0.416 e. The van der Waals surface area contributed by atoms with Gasteiger partial charge in [0.2, 0.25) is 5.91 Å². The topological polar surface area (TPSA) is 75.3 Å². The van der Waals surface area contributed by atoms with Crippen molar-refractivity contribution in [1.29, 1.82) is 0 Å². The number of carbonyl (C=O) groups is 1. The molecule has 0 bridgehead atoms. The number of carbonyl (C=O) groups excluding carboxylic acids is 1. The first kappa shape index (κ1) is 17.3. The Morgan fingerprint density at radius 2 is 1.84 bits per heavy atom. The molecule has 0 spiro atoms. The van der Waals surface area contributed by atoms with Crippen LogP contribution in [0.2, 0.25) is 0 Å². The molecule has 1 aliphatic rings. The van der Waals surface area contributed by atoms with E-state index < -0.39 is 21.8 Å². The minimum Gasteiger partial charge on any atom is -0.326 e. The molecule has 0 aromatic heterocycles. The van der Waals surface area contributed by atoms with Crippen LogP contribution in [-0.4, -0.2) is 14.3 Å². The number of aryl methyl sites for hydroxylation is 1. The van der Waals surface area contributed by atoms with Crippen LogP contribution in [0.25, 0.3) is 0 Å². The van der Waals surface area contributed by atoms with Gasteiger partial charge in [-0.2, -0.15) is 13.2 Å². The predicted molar refractivity (Wildman–Crippen MR) is 85.8 cm³/mol. The van der Waals surface area contributed by atoms with Crippen molar-refractivity contribution in [1.82, 2.24) is 0 Å². The smallest absolute Gasteiger partial charge is 0.326 e. The Balaban J connectivity index is 1.93. The van der Waals surface area contributed by atoms with Crippen molar-refractivity contribution in [3.63, 3.8) is 0 Å². The van der Waals surface area contributed by atoms with E-state index in [1.807, 2.05) is 0 Å². The number of hydrogen-bond donors (Lipinski definition) is 2. The molecule has 0 saturated carbocycles. The number of rotatable bonds is 3. The first-order valence-electron chi connectivity index (χ1n) is 7.20. The zero-order chi connectivity index (χ0) is 18.4. The summed E-state index contributed by atoms with van der Waals surface area (Å²) < 4.78 is 65.9. The third-order valence-corrected chi connectivity index (χ3v) is 5.19. The van der Waals surface area contributed by atoms with Gasteiger partial charge in [0.25, 0.3) is 10.0 Å². The van der Waals surface area contributed by atoms with Crippen molar-refractivity contribution in [2.45, 2.75) is 24.4 Å². The van der Waals surface area contributed by atoms with Crippen LogP contribution in [0, 0.1) is 6.92 Å². The lowest BCUT2D eigenvalue weighted by molar-refractivity contribution is -0.138. The van der Waals surface area contributed by atoms with E-state index in [1.54, 1.807) is 0 Å². The number of anilines is 2. The van der Waals surface area contributed by atoms with Crippen LogP contribution in [0.1, 0.15) is 16.7 Å². The lowest BCUT2D eigenvalue weighted by Crippen LogP contribution is -2.15. The highest BCUT2D eigenvalue weighted by atomic mass is 32.2. The Kier molecular flexibility index (Phi) is 3.98. The van der Waals surface area contributed by atoms with E-state index in [-0.39, 0.29) is 28.5 Å². The second-order valence-electron chi connectivity index (χ2n) is 5.68. The Labute approximate surface area is 141 Å². The molecule has 9 heteroatoms. The highest BCUT2D eigenvalue weighted by Gasteiger charge is 2.33. The van der Waals surface area contributed by atoms with E-state index in [9.17, 15) is 26.4 Å². The molecule has 5 nitrogen and oxygen atoms in total. The molecule has 1 heterocycles. The van der Waals surface area contributed by atoms with E-state index in [0.29, 0.717) is 11.3 Å². The van der Waals surface area contributed by atoms with Gasteiger partial charge in [0.15, 0.2) is 0 Å². The molecule has 0 unspecified atom stereocenters. The maximum absolute atomic E-state index is 13.0. The van der Waals surface area contributed by atoms with Crippen molar-refractivity contribution >= 4 is 27.3 Å². The standard InChI is InChI=1S/C16H13F3N2O3S/c1-9-2-3-11(8-13(9)16(17,18)19)21-25(23,24)12-4-5-14-10(6-12)7-15(22)20-14/h2-6,8,21H,7H2,1H3,(H,20,22). The Hall–Kier alpha value is -2.55. The number of benzene rings is 2. The van der Waals surface area contributed by atoms with Crippen molar-refractivity contribution in [3.8, 4) is 0 Å². The fourth-order valence-electron chi connectivity index (χ4n) is 2.58. The van der Waals surface area contributed by atoms with Gasteiger partial charge in [-0.15, -0.1) is 0 Å². The summed E-state index contributed by atoms with van der Waals surface area (Å²) in [6.07, 6.45) is -4.52. The molecular formula is C16H13F3N2O3S. The summed E-state index contributed by atoms with van der Waals surface area (Å²) in [7, 11) is -4.08. The molecule has 0 fully saturated rings. The molecule has 0 saturated heterocycles. The fourth-order valence-corrected chi connectivity index (χ4v) is 3.68. The summed E-state index contributed by atoms with van der Waals surface area (Å²) in [4.78, 5) is 11.2. The van der Waals surface area contributed by atoms with Gasteiger partial charge < -0.3 is 5.32 Å². The molecule has 0 atom stereocenters. The first-order valence-corrected chi connectivity index (χ1v) is 8.68. The summed E-state index contributed by atoms with van der Waals surface area (Å²) in [5.41, 5.74) is -0.0481. The molecule has 2 N–H and O–H groups in total. The van der Waals surface area contributed by atoms with Gasteiger partial charge in [-0.1, -0.05) is 6.07 Å². The average molecular weight is 370 g/mol. The van der Waals surface area contributed by atoms with E-state index in [4.69, 9.17) is 0 Å². The molecule has 0 radical (unpaired) electrons. The second kappa shape index (κ2) is 5.76. The number of sulfonamides is 1. The molecule has 2 aromatic carbocycles. The Morgan fingerprint density at radius 1 is 1.12 bits per heavy atom. The minimum atomic E-state index is -4.58. The lowest BCUT2D eigenvalue weighted by Gasteiger charge is -2.14. The monoisotopic (exact) mass is 370 g/mol. The van der Waals surface area contributed by atoms with Crippen molar-refractivity contribution < 1.29 is 26.4 Å². The van der Waals surface area contributed by atoms with Gasteiger partial charge in [-0.3, -0.25) is 9.52 Å². The third-order valence-electron chi connectivity index (χ3n) is 3.81. The van der Waals surface area contributed by atoms with Crippen LogP contribution >= 0.6 is 0 Å². The van der Waals surface area contributed by atoms with Crippen molar-refractivity contribution in [3.05, 3.63) is 53.1 Å². The number of fused-ring (bicyclic) bond motifs is 1. The van der Waals surface area contributed by atoms with E-state index in [0.717, 1.165) is 6.07 Å². The van der Waals surface area contributed by atoms with Gasteiger partial charge in [-0.25, -0.2) is 8.42 Å². The first-order chi connectivity index (χ1) is 11.6. The zero-order valence-corrected chi connectivity index (χ0v) is 13.8. The van der Waals surface area contributed by atoms with Crippen LogP contribution < -0.4 is 10.0 Å². The zero-order valence-electron chi connectivity index (χ0n) is 12.9. The number of hydrogen-bond acceptors (Lipinski definition) is 3. The number of nitrogens with one attached hydrogen (secondary N) is 2. The highest BCUT2D eigenvalue weighted by Crippen LogP contribution is 2.34. The normalized spacial score (nSPS) is 14.2. The van der Waals surface area contributed by atoms with E-state index >= 15 is 0 Å². The summed E-state index contributed by atoms with van der Waals surface area (Å²) in [6, 6.07) is 7.28. The summed E-state index contributed by atoms with van der Waals surface area (Å²) in [5.74, 6) is -0.245. The van der Waals surface area contributed by atoms with Gasteiger partial charge in [-0.05, 0) is 48.4 Å². The largest absolute Gasteiger partial charge is 0.416 e. The van der Waals surface area contributed by atoms with Gasteiger partial charge in [0, 0.05) is 11.4 Å². The fraction of sp³-hybridized carbons (Fsp3) is 0.188. The Morgan fingerprint density at radius 3 is 2.52 bits per heavy atom. The second-order valence-corrected chi connectivity index (χ2v) is 7.36. The number of amides is 1. The average Bonchev–Trinajstić information content (AvgIpc) is 2.87. The summed E-state index contributed by atoms with van der Waals surface area (Å²) >= 11 is 0. The Bertz CT molecular complexity index is 969. The van der Waals surface area contributed by atoms with Crippen LogP contribution in [-0.2, 0) is 27.4 Å². The third kappa shape index (κ3) is 3.46. The number of alkyl halides is 3. The molecule has 1 aliphatic heterocycles. The molecule has 2 aromatic rings. The summed E-state index contributed by atoms with van der Waals surface area (Å²) in [6.45, 7) is 1.30. The van der Waals surface area contributed by atoms with Crippen LogP contribution in [0.4, 0.5) is 24.5 Å². The number of halogens is 3. The van der Waals surface area contributed by atoms with Gasteiger partial charge in [0.05, 0.1) is 16.9 Å².